The lowest BCUT2D eigenvalue weighted by Gasteiger charge is -2.20. The second kappa shape index (κ2) is 17.7. The van der Waals surface area contributed by atoms with E-state index < -0.39 is 22.1 Å². The van der Waals surface area contributed by atoms with Gasteiger partial charge in [0.2, 0.25) is 0 Å². The van der Waals surface area contributed by atoms with Crippen molar-refractivity contribution in [2.45, 2.75) is 105 Å². The van der Waals surface area contributed by atoms with Gasteiger partial charge in [-0.15, -0.1) is 22.7 Å². The standard InChI is InChI=1S/C23H33N3O2SSi.C19H24N2O3SSi/c1-16-8-9-19-17(12-16)13-20(29-19)21-18(22(27)24-23(2,3)4)14-26(25-21)15-28-10-11-30(5,6)7;1-13-5-6-16-14(9-13)10-17(25-16)18-15(19(22)23)11-21(20-18)12-24-7-8-26(2,3)4/h8-9,12-14H,10-11,15H2,1-7H3,(H,24,27);5-6,9-11H,7-8,12H2,1-4H3,(H,22,23). The predicted molar refractivity (Wildman–Crippen MR) is 238 cm³/mol. The first-order chi connectivity index (χ1) is 26.1. The van der Waals surface area contributed by atoms with Crippen LogP contribution in [-0.4, -0.2) is 71.4 Å². The summed E-state index contributed by atoms with van der Waals surface area (Å²) in [7, 11) is -2.28. The van der Waals surface area contributed by atoms with E-state index in [-0.39, 0.29) is 23.7 Å². The zero-order valence-corrected chi connectivity index (χ0v) is 38.3. The lowest BCUT2D eigenvalue weighted by atomic mass is 10.1. The molecule has 0 saturated heterocycles. The van der Waals surface area contributed by atoms with Gasteiger partial charge in [0.15, 0.2) is 0 Å². The summed E-state index contributed by atoms with van der Waals surface area (Å²) in [5.41, 5.74) is 4.10. The number of carboxylic acids is 1. The minimum atomic E-state index is -1.14. The molecule has 56 heavy (non-hydrogen) atoms. The van der Waals surface area contributed by atoms with Crippen molar-refractivity contribution in [2.24, 2.45) is 0 Å². The van der Waals surface area contributed by atoms with Crippen molar-refractivity contribution in [3.63, 3.8) is 0 Å². The fraction of sp³-hybridized carbons (Fsp3) is 0.429. The first-order valence-corrected chi connectivity index (χ1v) is 28.1. The molecule has 0 radical (unpaired) electrons. The molecule has 10 nitrogen and oxygen atoms in total. The maximum absolute atomic E-state index is 13.0. The van der Waals surface area contributed by atoms with Crippen molar-refractivity contribution in [2.75, 3.05) is 13.2 Å². The van der Waals surface area contributed by atoms with E-state index in [2.05, 4.69) is 99.1 Å². The Balaban J connectivity index is 0.000000216. The molecule has 0 atom stereocenters. The highest BCUT2D eigenvalue weighted by molar-refractivity contribution is 7.22. The average molecular weight is 832 g/mol. The van der Waals surface area contributed by atoms with Crippen LogP contribution in [0.4, 0.5) is 0 Å². The van der Waals surface area contributed by atoms with E-state index in [4.69, 9.17) is 14.6 Å². The number of thiophene rings is 2. The molecule has 300 valence electrons. The number of fused-ring (bicyclic) bond motifs is 2. The number of aromatic carboxylic acids is 1. The largest absolute Gasteiger partial charge is 0.478 e. The molecule has 0 aliphatic heterocycles. The number of aromatic nitrogens is 4. The first-order valence-electron chi connectivity index (χ1n) is 19.0. The van der Waals surface area contributed by atoms with Crippen LogP contribution in [0.2, 0.25) is 51.4 Å². The van der Waals surface area contributed by atoms with Gasteiger partial charge in [0.1, 0.15) is 30.4 Å². The van der Waals surface area contributed by atoms with Crippen molar-refractivity contribution in [3.05, 3.63) is 83.2 Å². The molecule has 6 rings (SSSR count). The molecule has 2 aromatic carbocycles. The van der Waals surface area contributed by atoms with Gasteiger partial charge < -0.3 is 19.9 Å². The molecule has 0 bridgehead atoms. The Kier molecular flexibility index (Phi) is 13.7. The van der Waals surface area contributed by atoms with Gasteiger partial charge >= 0.3 is 5.97 Å². The Morgan fingerprint density at radius 2 is 1.14 bits per heavy atom. The van der Waals surface area contributed by atoms with Crippen molar-refractivity contribution >= 4 is 70.9 Å². The SMILES string of the molecule is Cc1ccc2sc(-c3nn(COCC[Si](C)(C)C)cc3C(=O)NC(C)(C)C)cc2c1.Cc1ccc2sc(-c3nn(COCC[Si](C)(C)C)cc3C(=O)O)cc2c1. The highest BCUT2D eigenvalue weighted by atomic mass is 32.1. The third-order valence-corrected chi connectivity index (χ3v) is 14.4. The summed E-state index contributed by atoms with van der Waals surface area (Å²) in [5.74, 6) is -1.08. The lowest BCUT2D eigenvalue weighted by Crippen LogP contribution is -2.40. The quantitative estimate of drug-likeness (QED) is 0.0828. The molecule has 0 unspecified atom stereocenters. The highest BCUT2D eigenvalue weighted by Crippen LogP contribution is 2.36. The van der Waals surface area contributed by atoms with Gasteiger partial charge in [-0.2, -0.15) is 10.2 Å². The van der Waals surface area contributed by atoms with Gasteiger partial charge in [0, 0.05) is 56.7 Å². The zero-order chi connectivity index (χ0) is 41.0. The summed E-state index contributed by atoms with van der Waals surface area (Å²) in [6, 6.07) is 19.0. The number of carbonyl (C=O) groups excluding carboxylic acids is 1. The van der Waals surface area contributed by atoms with E-state index in [1.807, 2.05) is 33.8 Å². The number of carboxylic acid groups (broad SMARTS) is 1. The van der Waals surface area contributed by atoms with Gasteiger partial charge in [-0.05, 0) is 81.7 Å². The Morgan fingerprint density at radius 1 is 0.714 bits per heavy atom. The molecule has 4 aromatic heterocycles. The van der Waals surface area contributed by atoms with Crippen LogP contribution in [0.5, 0.6) is 0 Å². The number of hydrogen-bond acceptors (Lipinski definition) is 8. The van der Waals surface area contributed by atoms with E-state index >= 15 is 0 Å². The van der Waals surface area contributed by atoms with Crippen molar-refractivity contribution in [1.29, 1.82) is 0 Å². The molecular weight excluding hydrogens is 775 g/mol. The molecule has 0 spiro atoms. The molecule has 2 N–H and O–H groups in total. The lowest BCUT2D eigenvalue weighted by molar-refractivity contribution is 0.0693. The van der Waals surface area contributed by atoms with Crippen LogP contribution >= 0.6 is 22.7 Å². The van der Waals surface area contributed by atoms with Gasteiger partial charge in [-0.3, -0.25) is 4.79 Å². The number of nitrogens with one attached hydrogen (secondary N) is 1. The Morgan fingerprint density at radius 3 is 1.55 bits per heavy atom. The van der Waals surface area contributed by atoms with E-state index in [9.17, 15) is 14.7 Å². The molecule has 4 heterocycles. The third kappa shape index (κ3) is 12.3. The maximum atomic E-state index is 13.0. The Labute approximate surface area is 340 Å². The van der Waals surface area contributed by atoms with E-state index in [1.165, 1.54) is 21.2 Å². The highest BCUT2D eigenvalue weighted by Gasteiger charge is 2.24. The smallest absolute Gasteiger partial charge is 0.339 e. The number of ether oxygens (including phenoxy) is 2. The van der Waals surface area contributed by atoms with E-state index in [0.717, 1.165) is 38.5 Å². The molecule has 0 aliphatic carbocycles. The second-order valence-electron chi connectivity index (χ2n) is 17.9. The summed E-state index contributed by atoms with van der Waals surface area (Å²) in [4.78, 5) is 26.5. The molecular formula is C42H57N5O5S2Si2. The van der Waals surface area contributed by atoms with Crippen molar-refractivity contribution in [1.82, 2.24) is 24.9 Å². The van der Waals surface area contributed by atoms with Crippen molar-refractivity contribution in [3.8, 4) is 21.1 Å². The minimum Gasteiger partial charge on any atom is -0.478 e. The number of benzene rings is 2. The van der Waals surface area contributed by atoms with E-state index in [0.29, 0.717) is 30.3 Å². The normalized spacial score (nSPS) is 12.3. The molecule has 0 saturated carbocycles. The topological polar surface area (TPSA) is 121 Å². The van der Waals surface area contributed by atoms with Gasteiger partial charge in [-0.25, -0.2) is 14.2 Å². The molecule has 0 aliphatic rings. The number of rotatable bonds is 14. The van der Waals surface area contributed by atoms with Gasteiger partial charge in [0.25, 0.3) is 5.91 Å². The monoisotopic (exact) mass is 831 g/mol. The third-order valence-electron chi connectivity index (χ3n) is 8.74. The summed E-state index contributed by atoms with van der Waals surface area (Å²) in [6.07, 6.45) is 3.36. The van der Waals surface area contributed by atoms with E-state index in [1.54, 1.807) is 44.4 Å². The summed E-state index contributed by atoms with van der Waals surface area (Å²) < 4.78 is 17.2. The molecule has 14 heteroatoms. The summed E-state index contributed by atoms with van der Waals surface area (Å²) >= 11 is 3.22. The molecule has 0 fully saturated rings. The van der Waals surface area contributed by atoms with Crippen LogP contribution in [0.15, 0.2) is 60.9 Å². The fourth-order valence-electron chi connectivity index (χ4n) is 5.70. The summed E-state index contributed by atoms with van der Waals surface area (Å²) in [5, 5.41) is 24.1. The number of nitrogens with zero attached hydrogens (tertiary/aromatic N) is 4. The van der Waals surface area contributed by atoms with Crippen LogP contribution in [-0.2, 0) is 22.9 Å². The molecule has 1 amide bonds. The van der Waals surface area contributed by atoms with Crippen molar-refractivity contribution < 1.29 is 24.2 Å². The predicted octanol–water partition coefficient (Wildman–Crippen LogP) is 11.0. The average Bonchev–Trinajstić information content (AvgIpc) is 3.87. The second-order valence-corrected chi connectivity index (χ2v) is 31.3. The van der Waals surface area contributed by atoms with Crippen LogP contribution in [0, 0.1) is 13.8 Å². The van der Waals surface area contributed by atoms with Crippen LogP contribution in [0.25, 0.3) is 41.3 Å². The number of hydrogen-bond donors (Lipinski definition) is 2. The van der Waals surface area contributed by atoms with Crippen LogP contribution in [0.1, 0.15) is 52.6 Å². The summed E-state index contributed by atoms with van der Waals surface area (Å²) in [6.45, 7) is 26.0. The number of carbonyl (C=O) groups is 2. The van der Waals surface area contributed by atoms with Gasteiger partial charge in [-0.1, -0.05) is 74.7 Å². The van der Waals surface area contributed by atoms with Crippen LogP contribution in [0.3, 0.4) is 0 Å². The number of aryl methyl sites for hydroxylation is 2. The zero-order valence-electron chi connectivity index (χ0n) is 34.7. The number of amides is 1. The Bertz CT molecular complexity index is 2300. The maximum Gasteiger partial charge on any atom is 0.339 e. The minimum absolute atomic E-state index is 0.112. The van der Waals surface area contributed by atoms with Gasteiger partial charge in [0.05, 0.1) is 15.3 Å². The Hall–Kier alpha value is -3.93. The fourth-order valence-corrected chi connectivity index (χ4v) is 9.30. The first kappa shape index (κ1) is 43.2. The molecule has 6 aromatic rings. The van der Waals surface area contributed by atoms with Crippen LogP contribution < -0.4 is 5.32 Å².